The van der Waals surface area contributed by atoms with E-state index in [0.717, 1.165) is 0 Å². The molecule has 0 fully saturated rings. The van der Waals surface area contributed by atoms with E-state index in [4.69, 9.17) is 17.3 Å². The number of rotatable bonds is 3. The summed E-state index contributed by atoms with van der Waals surface area (Å²) in [5, 5.41) is 2.73. The van der Waals surface area contributed by atoms with Crippen LogP contribution < -0.4 is 11.1 Å². The Kier molecular flexibility index (Phi) is 4.34. The van der Waals surface area contributed by atoms with Gasteiger partial charge in [0.2, 0.25) is 5.91 Å². The average Bonchev–Trinajstić information content (AvgIpc) is 2.25. The Morgan fingerprint density at radius 2 is 2.06 bits per heavy atom. The number of nitrogens with one attached hydrogen (secondary N) is 1. The van der Waals surface area contributed by atoms with Crippen molar-refractivity contribution in [1.82, 2.24) is 10.2 Å². The highest BCUT2D eigenvalue weighted by molar-refractivity contribution is 6.34. The molecule has 0 saturated carbocycles. The average molecular weight is 256 g/mol. The van der Waals surface area contributed by atoms with E-state index in [1.165, 1.54) is 4.90 Å². The van der Waals surface area contributed by atoms with Gasteiger partial charge < -0.3 is 16.0 Å². The third-order valence-corrected chi connectivity index (χ3v) is 2.49. The fraction of sp³-hybridized carbons (Fsp3) is 0.273. The first-order valence-corrected chi connectivity index (χ1v) is 5.33. The zero-order valence-electron chi connectivity index (χ0n) is 9.66. The largest absolute Gasteiger partial charge is 0.398 e. The van der Waals surface area contributed by atoms with E-state index >= 15 is 0 Å². The number of nitrogen functional groups attached to an aromatic ring is 1. The molecule has 0 bridgehead atoms. The van der Waals surface area contributed by atoms with Crippen LogP contribution in [-0.4, -0.2) is 37.4 Å². The molecule has 2 amide bonds. The first-order valence-electron chi connectivity index (χ1n) is 4.96. The highest BCUT2D eigenvalue weighted by Gasteiger charge is 2.14. The molecule has 92 valence electrons. The Morgan fingerprint density at radius 1 is 1.41 bits per heavy atom. The summed E-state index contributed by atoms with van der Waals surface area (Å²) < 4.78 is 0. The number of hydrogen-bond acceptors (Lipinski definition) is 3. The van der Waals surface area contributed by atoms with Gasteiger partial charge in [0.05, 0.1) is 17.1 Å². The van der Waals surface area contributed by atoms with Crippen molar-refractivity contribution in [2.75, 3.05) is 26.4 Å². The fourth-order valence-corrected chi connectivity index (χ4v) is 1.45. The second-order valence-electron chi connectivity index (χ2n) is 3.67. The Labute approximate surface area is 105 Å². The molecule has 0 heterocycles. The third kappa shape index (κ3) is 3.35. The van der Waals surface area contributed by atoms with Crippen LogP contribution in [0, 0.1) is 0 Å². The van der Waals surface area contributed by atoms with E-state index < -0.39 is 5.91 Å². The van der Waals surface area contributed by atoms with E-state index in [0.29, 0.717) is 0 Å². The van der Waals surface area contributed by atoms with E-state index in [1.807, 2.05) is 0 Å². The van der Waals surface area contributed by atoms with Crippen LogP contribution in [0.25, 0.3) is 0 Å². The van der Waals surface area contributed by atoms with Gasteiger partial charge in [-0.3, -0.25) is 9.59 Å². The molecule has 3 N–H and O–H groups in total. The van der Waals surface area contributed by atoms with Crippen LogP contribution >= 0.6 is 11.6 Å². The van der Waals surface area contributed by atoms with Crippen LogP contribution in [0.3, 0.4) is 0 Å². The molecular weight excluding hydrogens is 242 g/mol. The molecule has 0 saturated heterocycles. The van der Waals surface area contributed by atoms with Gasteiger partial charge in [-0.05, 0) is 12.1 Å². The number of anilines is 1. The molecule has 0 spiro atoms. The van der Waals surface area contributed by atoms with Gasteiger partial charge in [-0.1, -0.05) is 17.7 Å². The zero-order chi connectivity index (χ0) is 13.0. The third-order valence-electron chi connectivity index (χ3n) is 2.17. The number of nitrogens with zero attached hydrogens (tertiary/aromatic N) is 1. The van der Waals surface area contributed by atoms with Crippen molar-refractivity contribution in [2.24, 2.45) is 0 Å². The Hall–Kier alpha value is -1.75. The van der Waals surface area contributed by atoms with Crippen LogP contribution in [0.1, 0.15) is 10.4 Å². The molecule has 0 unspecified atom stereocenters. The normalized spacial score (nSPS) is 9.82. The lowest BCUT2D eigenvalue weighted by Gasteiger charge is -2.12. The topological polar surface area (TPSA) is 75.4 Å². The van der Waals surface area contributed by atoms with Gasteiger partial charge in [-0.25, -0.2) is 0 Å². The summed E-state index contributed by atoms with van der Waals surface area (Å²) in [6, 6.07) is 4.80. The van der Waals surface area contributed by atoms with Crippen molar-refractivity contribution >= 4 is 29.1 Å². The molecule has 0 aliphatic carbocycles. The minimum atomic E-state index is -0.455. The first kappa shape index (κ1) is 13.3. The van der Waals surface area contributed by atoms with E-state index in [-0.39, 0.29) is 28.7 Å². The second-order valence-corrected chi connectivity index (χ2v) is 4.08. The molecule has 0 atom stereocenters. The lowest BCUT2D eigenvalue weighted by Crippen LogP contribution is -2.36. The Bertz CT molecular complexity index is 426. The van der Waals surface area contributed by atoms with Crippen LogP contribution in [-0.2, 0) is 4.79 Å². The molecular formula is C11H14ClN3O2. The van der Waals surface area contributed by atoms with Crippen molar-refractivity contribution in [3.8, 4) is 0 Å². The monoisotopic (exact) mass is 255 g/mol. The van der Waals surface area contributed by atoms with E-state index in [1.54, 1.807) is 32.3 Å². The summed E-state index contributed by atoms with van der Waals surface area (Å²) in [5.41, 5.74) is 6.13. The fourth-order valence-electron chi connectivity index (χ4n) is 1.18. The maximum Gasteiger partial charge on any atom is 0.255 e. The second kappa shape index (κ2) is 5.54. The van der Waals surface area contributed by atoms with Gasteiger partial charge in [0.25, 0.3) is 5.91 Å². The molecule has 1 aromatic rings. The minimum absolute atomic E-state index is 0.0868. The quantitative estimate of drug-likeness (QED) is 0.783. The summed E-state index contributed by atoms with van der Waals surface area (Å²) in [7, 11) is 3.22. The maximum atomic E-state index is 11.8. The molecule has 0 aromatic heterocycles. The molecule has 1 aromatic carbocycles. The molecule has 6 heteroatoms. The van der Waals surface area contributed by atoms with E-state index in [9.17, 15) is 9.59 Å². The number of benzene rings is 1. The number of carbonyl (C=O) groups is 2. The zero-order valence-corrected chi connectivity index (χ0v) is 10.4. The molecule has 5 nitrogen and oxygen atoms in total. The molecule has 0 aliphatic heterocycles. The number of carbonyl (C=O) groups excluding carboxylic acids is 2. The minimum Gasteiger partial charge on any atom is -0.398 e. The number of likely N-dealkylation sites (N-methyl/N-ethyl adjacent to an activating group) is 1. The predicted molar refractivity (Wildman–Crippen MR) is 66.9 cm³/mol. The predicted octanol–water partition coefficient (Wildman–Crippen LogP) is 0.740. The van der Waals surface area contributed by atoms with Crippen LogP contribution in [0.4, 0.5) is 5.69 Å². The summed E-state index contributed by atoms with van der Waals surface area (Å²) in [6.45, 7) is -0.0868. The SMILES string of the molecule is CN(C)C(=O)CNC(=O)c1c(N)cccc1Cl. The number of halogens is 1. The Balaban J connectivity index is 2.74. The number of amides is 2. The summed E-state index contributed by atoms with van der Waals surface area (Å²) >= 11 is 5.87. The summed E-state index contributed by atoms with van der Waals surface area (Å²) in [4.78, 5) is 24.4. The van der Waals surface area contributed by atoms with Gasteiger partial charge in [0.15, 0.2) is 0 Å². The van der Waals surface area contributed by atoms with Gasteiger partial charge in [0.1, 0.15) is 0 Å². The highest BCUT2D eigenvalue weighted by Crippen LogP contribution is 2.21. The van der Waals surface area contributed by atoms with Crippen molar-refractivity contribution in [3.05, 3.63) is 28.8 Å². The number of nitrogens with two attached hydrogens (primary N) is 1. The number of hydrogen-bond donors (Lipinski definition) is 2. The Morgan fingerprint density at radius 3 is 2.59 bits per heavy atom. The van der Waals surface area contributed by atoms with Crippen molar-refractivity contribution < 1.29 is 9.59 Å². The van der Waals surface area contributed by atoms with Gasteiger partial charge in [-0.15, -0.1) is 0 Å². The van der Waals surface area contributed by atoms with Crippen LogP contribution in [0.5, 0.6) is 0 Å². The molecule has 17 heavy (non-hydrogen) atoms. The van der Waals surface area contributed by atoms with Gasteiger partial charge in [-0.2, -0.15) is 0 Å². The maximum absolute atomic E-state index is 11.8. The lowest BCUT2D eigenvalue weighted by molar-refractivity contribution is -0.127. The lowest BCUT2D eigenvalue weighted by atomic mass is 10.1. The molecule has 0 radical (unpaired) electrons. The summed E-state index contributed by atoms with van der Waals surface area (Å²) in [6.07, 6.45) is 0. The van der Waals surface area contributed by atoms with E-state index in [2.05, 4.69) is 5.32 Å². The molecule has 0 aliphatic rings. The van der Waals surface area contributed by atoms with Crippen molar-refractivity contribution in [2.45, 2.75) is 0 Å². The van der Waals surface area contributed by atoms with Gasteiger partial charge in [0, 0.05) is 19.8 Å². The van der Waals surface area contributed by atoms with Crippen molar-refractivity contribution in [1.29, 1.82) is 0 Å². The smallest absolute Gasteiger partial charge is 0.255 e. The van der Waals surface area contributed by atoms with Gasteiger partial charge >= 0.3 is 0 Å². The first-order chi connectivity index (χ1) is 7.93. The van der Waals surface area contributed by atoms with Crippen LogP contribution in [0.15, 0.2) is 18.2 Å². The molecule has 1 rings (SSSR count). The van der Waals surface area contributed by atoms with Crippen molar-refractivity contribution in [3.63, 3.8) is 0 Å². The highest BCUT2D eigenvalue weighted by atomic mass is 35.5. The van der Waals surface area contributed by atoms with Crippen LogP contribution in [0.2, 0.25) is 5.02 Å². The standard InChI is InChI=1S/C11H14ClN3O2/c1-15(2)9(16)6-14-11(17)10-7(12)4-3-5-8(10)13/h3-5H,6,13H2,1-2H3,(H,14,17). The summed E-state index contributed by atoms with van der Waals surface area (Å²) in [5.74, 6) is -0.660.